The number of guanidine groups is 1. The quantitative estimate of drug-likeness (QED) is 0.351. The number of aryl methyl sites for hydroxylation is 1. The predicted octanol–water partition coefficient (Wildman–Crippen LogP) is 2.14. The molecule has 22 heavy (non-hydrogen) atoms. The van der Waals surface area contributed by atoms with Crippen LogP contribution in [-0.4, -0.2) is 32.1 Å². The first-order valence-corrected chi connectivity index (χ1v) is 7.42. The van der Waals surface area contributed by atoms with E-state index in [1.165, 1.54) is 6.07 Å². The molecule has 0 saturated carbocycles. The molecular formula is C16H24FN3O2. The van der Waals surface area contributed by atoms with Crippen molar-refractivity contribution in [1.82, 2.24) is 10.6 Å². The standard InChI is InChI=1S/C16H24FN3O2/c1-4-22-15(21)6-5-9-19-16(18-3)20-11-13-7-8-14(17)12(2)10-13/h7-8,10H,4-6,9,11H2,1-3H3,(H2,18,19,20). The smallest absolute Gasteiger partial charge is 0.305 e. The average molecular weight is 309 g/mol. The molecule has 5 nitrogen and oxygen atoms in total. The number of aliphatic imine (C=N–C) groups is 1. The van der Waals surface area contributed by atoms with E-state index >= 15 is 0 Å². The van der Waals surface area contributed by atoms with Crippen LogP contribution in [-0.2, 0) is 16.1 Å². The van der Waals surface area contributed by atoms with Crippen molar-refractivity contribution in [3.8, 4) is 0 Å². The lowest BCUT2D eigenvalue weighted by molar-refractivity contribution is -0.143. The molecular weight excluding hydrogens is 285 g/mol. The number of nitrogens with zero attached hydrogens (tertiary/aromatic N) is 1. The highest BCUT2D eigenvalue weighted by molar-refractivity contribution is 5.79. The van der Waals surface area contributed by atoms with Gasteiger partial charge in [0.15, 0.2) is 5.96 Å². The van der Waals surface area contributed by atoms with Gasteiger partial charge in [0.2, 0.25) is 0 Å². The first kappa shape index (κ1) is 17.9. The van der Waals surface area contributed by atoms with Gasteiger partial charge in [0.1, 0.15) is 5.82 Å². The summed E-state index contributed by atoms with van der Waals surface area (Å²) in [6.45, 7) is 5.12. The van der Waals surface area contributed by atoms with Gasteiger partial charge < -0.3 is 15.4 Å². The molecule has 0 aliphatic rings. The fraction of sp³-hybridized carbons (Fsp3) is 0.500. The summed E-state index contributed by atoms with van der Waals surface area (Å²) in [5.41, 5.74) is 1.60. The number of hydrogen-bond acceptors (Lipinski definition) is 3. The Bertz CT molecular complexity index is 518. The molecule has 6 heteroatoms. The number of carbonyl (C=O) groups is 1. The Balaban J connectivity index is 2.30. The van der Waals surface area contributed by atoms with Gasteiger partial charge in [0, 0.05) is 26.6 Å². The summed E-state index contributed by atoms with van der Waals surface area (Å²) in [7, 11) is 1.68. The number of hydrogen-bond donors (Lipinski definition) is 2. The molecule has 1 aromatic carbocycles. The number of esters is 1. The Morgan fingerprint density at radius 1 is 1.36 bits per heavy atom. The minimum atomic E-state index is -0.203. The maximum Gasteiger partial charge on any atom is 0.305 e. The van der Waals surface area contributed by atoms with Gasteiger partial charge in [-0.05, 0) is 37.5 Å². The van der Waals surface area contributed by atoms with Gasteiger partial charge in [-0.2, -0.15) is 0 Å². The number of rotatable bonds is 7. The lowest BCUT2D eigenvalue weighted by Crippen LogP contribution is -2.37. The van der Waals surface area contributed by atoms with Crippen molar-refractivity contribution in [2.24, 2.45) is 4.99 Å². The molecule has 0 aliphatic heterocycles. The largest absolute Gasteiger partial charge is 0.466 e. The van der Waals surface area contributed by atoms with Gasteiger partial charge in [-0.25, -0.2) is 4.39 Å². The van der Waals surface area contributed by atoms with Crippen molar-refractivity contribution >= 4 is 11.9 Å². The van der Waals surface area contributed by atoms with Gasteiger partial charge in [-0.15, -0.1) is 0 Å². The van der Waals surface area contributed by atoms with E-state index in [2.05, 4.69) is 15.6 Å². The van der Waals surface area contributed by atoms with Crippen LogP contribution in [0.3, 0.4) is 0 Å². The number of ether oxygens (including phenoxy) is 1. The van der Waals surface area contributed by atoms with Crippen LogP contribution in [0.15, 0.2) is 23.2 Å². The maximum atomic E-state index is 13.2. The van der Waals surface area contributed by atoms with Crippen LogP contribution in [0.25, 0.3) is 0 Å². The fourth-order valence-electron chi connectivity index (χ4n) is 1.90. The Kier molecular flexibility index (Phi) is 7.96. The average Bonchev–Trinajstić information content (AvgIpc) is 2.50. The summed E-state index contributed by atoms with van der Waals surface area (Å²) in [6, 6.07) is 5.00. The Labute approximate surface area is 131 Å². The maximum absolute atomic E-state index is 13.2. The van der Waals surface area contributed by atoms with Crippen LogP contribution in [0.4, 0.5) is 4.39 Å². The monoisotopic (exact) mass is 309 g/mol. The van der Waals surface area contributed by atoms with E-state index in [0.29, 0.717) is 44.1 Å². The van der Waals surface area contributed by atoms with E-state index in [1.807, 2.05) is 0 Å². The zero-order valence-electron chi connectivity index (χ0n) is 13.4. The van der Waals surface area contributed by atoms with E-state index in [1.54, 1.807) is 33.0 Å². The molecule has 0 aromatic heterocycles. The summed E-state index contributed by atoms with van der Waals surface area (Å²) in [5.74, 6) is 0.255. The third-order valence-electron chi connectivity index (χ3n) is 3.06. The Morgan fingerprint density at radius 2 is 2.14 bits per heavy atom. The number of nitrogens with one attached hydrogen (secondary N) is 2. The predicted molar refractivity (Wildman–Crippen MR) is 85.2 cm³/mol. The molecule has 0 saturated heterocycles. The van der Waals surface area contributed by atoms with Crippen LogP contribution >= 0.6 is 0 Å². The Morgan fingerprint density at radius 3 is 2.77 bits per heavy atom. The lowest BCUT2D eigenvalue weighted by atomic mass is 10.1. The zero-order chi connectivity index (χ0) is 16.4. The number of benzene rings is 1. The molecule has 0 aliphatic carbocycles. The van der Waals surface area contributed by atoms with Gasteiger partial charge in [0.05, 0.1) is 6.61 Å². The highest BCUT2D eigenvalue weighted by Gasteiger charge is 2.03. The van der Waals surface area contributed by atoms with Crippen molar-refractivity contribution in [3.63, 3.8) is 0 Å². The molecule has 0 fully saturated rings. The molecule has 0 heterocycles. The molecule has 0 unspecified atom stereocenters. The van der Waals surface area contributed by atoms with E-state index in [4.69, 9.17) is 4.74 Å². The number of carbonyl (C=O) groups excluding carboxylic acids is 1. The van der Waals surface area contributed by atoms with Gasteiger partial charge in [-0.1, -0.05) is 12.1 Å². The van der Waals surface area contributed by atoms with Crippen molar-refractivity contribution in [2.45, 2.75) is 33.2 Å². The molecule has 122 valence electrons. The van der Waals surface area contributed by atoms with E-state index in [-0.39, 0.29) is 11.8 Å². The molecule has 1 aromatic rings. The second-order valence-corrected chi connectivity index (χ2v) is 4.84. The van der Waals surface area contributed by atoms with Crippen molar-refractivity contribution in [3.05, 3.63) is 35.1 Å². The van der Waals surface area contributed by atoms with E-state index in [9.17, 15) is 9.18 Å². The second-order valence-electron chi connectivity index (χ2n) is 4.84. The normalized spacial score (nSPS) is 11.2. The molecule has 0 radical (unpaired) electrons. The van der Waals surface area contributed by atoms with Gasteiger partial charge >= 0.3 is 5.97 Å². The SMILES string of the molecule is CCOC(=O)CCCNC(=NC)NCc1ccc(F)c(C)c1. The second kappa shape index (κ2) is 9.76. The minimum Gasteiger partial charge on any atom is -0.466 e. The van der Waals surface area contributed by atoms with Crippen molar-refractivity contribution in [2.75, 3.05) is 20.2 Å². The minimum absolute atomic E-state index is 0.186. The fourth-order valence-corrected chi connectivity index (χ4v) is 1.90. The summed E-state index contributed by atoms with van der Waals surface area (Å²) in [4.78, 5) is 15.3. The molecule has 0 spiro atoms. The van der Waals surface area contributed by atoms with Crippen LogP contribution in [0, 0.1) is 12.7 Å². The third-order valence-corrected chi connectivity index (χ3v) is 3.06. The Hall–Kier alpha value is -2.11. The van der Waals surface area contributed by atoms with Crippen molar-refractivity contribution in [1.29, 1.82) is 0 Å². The molecule has 0 atom stereocenters. The highest BCUT2D eigenvalue weighted by Crippen LogP contribution is 2.08. The van der Waals surface area contributed by atoms with Crippen LogP contribution in [0.2, 0.25) is 0 Å². The summed E-state index contributed by atoms with van der Waals surface area (Å²) < 4.78 is 18.1. The summed E-state index contributed by atoms with van der Waals surface area (Å²) in [6.07, 6.45) is 1.06. The molecule has 0 amide bonds. The van der Waals surface area contributed by atoms with Gasteiger partial charge in [0.25, 0.3) is 0 Å². The first-order valence-electron chi connectivity index (χ1n) is 7.42. The van der Waals surface area contributed by atoms with Crippen LogP contribution < -0.4 is 10.6 Å². The topological polar surface area (TPSA) is 62.7 Å². The zero-order valence-corrected chi connectivity index (χ0v) is 13.4. The highest BCUT2D eigenvalue weighted by atomic mass is 19.1. The lowest BCUT2D eigenvalue weighted by Gasteiger charge is -2.12. The van der Waals surface area contributed by atoms with E-state index in [0.717, 1.165) is 5.56 Å². The third kappa shape index (κ3) is 6.56. The molecule has 1 rings (SSSR count). The van der Waals surface area contributed by atoms with Gasteiger partial charge in [-0.3, -0.25) is 9.79 Å². The summed E-state index contributed by atoms with van der Waals surface area (Å²) in [5, 5.41) is 6.27. The summed E-state index contributed by atoms with van der Waals surface area (Å²) >= 11 is 0. The first-order chi connectivity index (χ1) is 10.6. The number of halogens is 1. The molecule has 0 bridgehead atoms. The van der Waals surface area contributed by atoms with E-state index < -0.39 is 0 Å². The molecule has 2 N–H and O–H groups in total. The van der Waals surface area contributed by atoms with Crippen molar-refractivity contribution < 1.29 is 13.9 Å². The van der Waals surface area contributed by atoms with Crippen LogP contribution in [0.1, 0.15) is 30.9 Å². The van der Waals surface area contributed by atoms with Crippen LogP contribution in [0.5, 0.6) is 0 Å².